The molecule has 0 amide bonds. The molecule has 1 aliphatic carbocycles. The van der Waals surface area contributed by atoms with Crippen LogP contribution in [0.2, 0.25) is 0 Å². The Bertz CT molecular complexity index is 257. The van der Waals surface area contributed by atoms with Crippen molar-refractivity contribution in [1.29, 1.82) is 0 Å². The lowest BCUT2D eigenvalue weighted by atomic mass is 10.1. The van der Waals surface area contributed by atoms with Gasteiger partial charge in [0, 0.05) is 7.11 Å². The summed E-state index contributed by atoms with van der Waals surface area (Å²) in [6.07, 6.45) is 4.27. The molecule has 3 heteroatoms. The Labute approximate surface area is 85.0 Å². The highest BCUT2D eigenvalue weighted by molar-refractivity contribution is 5.21. The van der Waals surface area contributed by atoms with Crippen LogP contribution in [0.1, 0.15) is 26.7 Å². The lowest BCUT2D eigenvalue weighted by molar-refractivity contribution is -0.151. The van der Waals surface area contributed by atoms with Gasteiger partial charge in [0.25, 0.3) is 0 Å². The highest BCUT2D eigenvalue weighted by Crippen LogP contribution is 2.40. The molecule has 1 saturated heterocycles. The van der Waals surface area contributed by atoms with Gasteiger partial charge in [-0.25, -0.2) is 0 Å². The van der Waals surface area contributed by atoms with Crippen molar-refractivity contribution in [2.24, 2.45) is 0 Å². The van der Waals surface area contributed by atoms with Gasteiger partial charge in [-0.15, -0.1) is 0 Å². The van der Waals surface area contributed by atoms with Crippen LogP contribution in [0, 0.1) is 0 Å². The fraction of sp³-hybridized carbons (Fsp3) is 0.818. The van der Waals surface area contributed by atoms with E-state index in [1.165, 1.54) is 5.57 Å². The van der Waals surface area contributed by atoms with Gasteiger partial charge in [0.2, 0.25) is 0 Å². The number of methoxy groups -OCH3 is 1. The summed E-state index contributed by atoms with van der Waals surface area (Å²) in [7, 11) is 1.72. The molecule has 0 unspecified atom stereocenters. The van der Waals surface area contributed by atoms with Gasteiger partial charge in [-0.05, 0) is 38.3 Å². The van der Waals surface area contributed by atoms with Gasteiger partial charge in [0.1, 0.15) is 5.60 Å². The molecular weight excluding hydrogens is 180 g/mol. The summed E-state index contributed by atoms with van der Waals surface area (Å²) < 4.78 is 16.6. The molecule has 0 N–H and O–H groups in total. The zero-order valence-corrected chi connectivity index (χ0v) is 9.13. The van der Waals surface area contributed by atoms with E-state index in [4.69, 9.17) is 14.2 Å². The van der Waals surface area contributed by atoms with Crippen molar-refractivity contribution < 1.29 is 14.2 Å². The van der Waals surface area contributed by atoms with Gasteiger partial charge >= 0.3 is 0 Å². The van der Waals surface area contributed by atoms with E-state index in [0.717, 1.165) is 12.8 Å². The average Bonchev–Trinajstić information content (AvgIpc) is 2.59. The summed E-state index contributed by atoms with van der Waals surface area (Å²) in [6.45, 7) is 5.31. The van der Waals surface area contributed by atoms with E-state index in [9.17, 15) is 0 Å². The van der Waals surface area contributed by atoms with Gasteiger partial charge in [-0.2, -0.15) is 0 Å². The Morgan fingerprint density at radius 1 is 1.50 bits per heavy atom. The quantitative estimate of drug-likeness (QED) is 0.634. The zero-order valence-electron chi connectivity index (χ0n) is 9.13. The Balaban J connectivity index is 2.06. The third-order valence-electron chi connectivity index (χ3n) is 2.78. The smallest absolute Gasteiger partial charge is 0.164 e. The first-order chi connectivity index (χ1) is 6.55. The normalized spacial score (nSPS) is 35.2. The van der Waals surface area contributed by atoms with E-state index in [1.54, 1.807) is 7.11 Å². The molecule has 1 atom stereocenters. The van der Waals surface area contributed by atoms with Crippen LogP contribution in [0.4, 0.5) is 0 Å². The van der Waals surface area contributed by atoms with E-state index >= 15 is 0 Å². The lowest BCUT2D eigenvalue weighted by Crippen LogP contribution is -2.29. The predicted octanol–water partition coefficient (Wildman–Crippen LogP) is 1.87. The molecule has 14 heavy (non-hydrogen) atoms. The molecule has 1 heterocycles. The number of hydrogen-bond acceptors (Lipinski definition) is 3. The van der Waals surface area contributed by atoms with Crippen LogP contribution in [-0.4, -0.2) is 31.7 Å². The van der Waals surface area contributed by atoms with E-state index in [0.29, 0.717) is 13.2 Å². The highest BCUT2D eigenvalue weighted by atomic mass is 16.8. The van der Waals surface area contributed by atoms with Crippen molar-refractivity contribution in [3.05, 3.63) is 11.6 Å². The summed E-state index contributed by atoms with van der Waals surface area (Å²) in [5.74, 6) is -0.432. The summed E-state index contributed by atoms with van der Waals surface area (Å²) in [5.41, 5.74) is 1.16. The molecule has 0 saturated carbocycles. The van der Waals surface area contributed by atoms with Crippen molar-refractivity contribution in [2.75, 3.05) is 20.3 Å². The minimum absolute atomic E-state index is 0.169. The standard InChI is InChI=1S/C11H18O3/c1-10(2)13-8-11(14-10)5-4-9(6-11)7-12-3/h6H,4-5,7-8H2,1-3H3/t11-/m1/s1. The van der Waals surface area contributed by atoms with Crippen molar-refractivity contribution >= 4 is 0 Å². The fourth-order valence-electron chi connectivity index (χ4n) is 2.23. The molecule has 2 rings (SSSR count). The Morgan fingerprint density at radius 3 is 2.86 bits per heavy atom. The van der Waals surface area contributed by atoms with Gasteiger partial charge in [0.05, 0.1) is 13.2 Å². The largest absolute Gasteiger partial charge is 0.380 e. The number of rotatable bonds is 2. The SMILES string of the molecule is COCC1=C[C@]2(CC1)COC(C)(C)O2. The molecule has 1 aliphatic heterocycles. The van der Waals surface area contributed by atoms with Crippen LogP contribution in [0.15, 0.2) is 11.6 Å². The van der Waals surface area contributed by atoms with Crippen LogP contribution in [0.25, 0.3) is 0 Å². The third kappa shape index (κ3) is 1.85. The van der Waals surface area contributed by atoms with Crippen molar-refractivity contribution in [3.8, 4) is 0 Å². The zero-order chi connectivity index (χ0) is 10.2. The topological polar surface area (TPSA) is 27.7 Å². The fourth-order valence-corrected chi connectivity index (χ4v) is 2.23. The van der Waals surface area contributed by atoms with Gasteiger partial charge in [-0.3, -0.25) is 0 Å². The first kappa shape index (κ1) is 10.1. The highest BCUT2D eigenvalue weighted by Gasteiger charge is 2.46. The molecule has 3 nitrogen and oxygen atoms in total. The second kappa shape index (κ2) is 3.33. The van der Waals surface area contributed by atoms with Crippen molar-refractivity contribution in [3.63, 3.8) is 0 Å². The van der Waals surface area contributed by atoms with E-state index < -0.39 is 5.79 Å². The molecule has 0 aromatic heterocycles. The molecule has 0 radical (unpaired) electrons. The summed E-state index contributed by atoms with van der Waals surface area (Å²) >= 11 is 0. The summed E-state index contributed by atoms with van der Waals surface area (Å²) in [5, 5.41) is 0. The predicted molar refractivity (Wildman–Crippen MR) is 53.0 cm³/mol. The number of ether oxygens (including phenoxy) is 3. The summed E-state index contributed by atoms with van der Waals surface area (Å²) in [6, 6.07) is 0. The molecule has 2 aliphatic rings. The maximum absolute atomic E-state index is 5.92. The Hall–Kier alpha value is -0.380. The van der Waals surface area contributed by atoms with Crippen LogP contribution in [0.5, 0.6) is 0 Å². The van der Waals surface area contributed by atoms with E-state index in [2.05, 4.69) is 6.08 Å². The Kier molecular flexibility index (Phi) is 2.41. The maximum atomic E-state index is 5.92. The summed E-state index contributed by atoms with van der Waals surface area (Å²) in [4.78, 5) is 0. The lowest BCUT2D eigenvalue weighted by Gasteiger charge is -2.22. The molecular formula is C11H18O3. The molecule has 0 aromatic rings. The Morgan fingerprint density at radius 2 is 2.29 bits per heavy atom. The van der Waals surface area contributed by atoms with Crippen LogP contribution < -0.4 is 0 Å². The maximum Gasteiger partial charge on any atom is 0.164 e. The third-order valence-corrected chi connectivity index (χ3v) is 2.78. The van der Waals surface area contributed by atoms with Crippen LogP contribution in [-0.2, 0) is 14.2 Å². The molecule has 1 spiro atoms. The molecule has 80 valence electrons. The van der Waals surface area contributed by atoms with Gasteiger partial charge in [-0.1, -0.05) is 0 Å². The number of hydrogen-bond donors (Lipinski definition) is 0. The minimum atomic E-state index is -0.432. The van der Waals surface area contributed by atoms with E-state index in [-0.39, 0.29) is 5.60 Å². The van der Waals surface area contributed by atoms with Crippen molar-refractivity contribution in [1.82, 2.24) is 0 Å². The minimum Gasteiger partial charge on any atom is -0.380 e. The van der Waals surface area contributed by atoms with Gasteiger partial charge in [0.15, 0.2) is 5.79 Å². The average molecular weight is 198 g/mol. The van der Waals surface area contributed by atoms with Crippen LogP contribution in [0.3, 0.4) is 0 Å². The second-order valence-corrected chi connectivity index (χ2v) is 4.59. The molecule has 0 bridgehead atoms. The second-order valence-electron chi connectivity index (χ2n) is 4.59. The van der Waals surface area contributed by atoms with Crippen LogP contribution >= 0.6 is 0 Å². The first-order valence-corrected chi connectivity index (χ1v) is 5.09. The molecule has 0 aromatic carbocycles. The van der Waals surface area contributed by atoms with E-state index in [1.807, 2.05) is 13.8 Å². The monoisotopic (exact) mass is 198 g/mol. The van der Waals surface area contributed by atoms with Gasteiger partial charge < -0.3 is 14.2 Å². The van der Waals surface area contributed by atoms with Crippen molar-refractivity contribution in [2.45, 2.75) is 38.1 Å². The molecule has 1 fully saturated rings. The first-order valence-electron chi connectivity index (χ1n) is 5.09.